The molecule has 5 nitrogen and oxygen atoms in total. The summed E-state index contributed by atoms with van der Waals surface area (Å²) in [6.45, 7) is 1.86. The Kier molecular flexibility index (Phi) is 4.63. The lowest BCUT2D eigenvalue weighted by atomic mass is 9.49. The van der Waals surface area contributed by atoms with Crippen LogP contribution in [0.5, 0.6) is 5.75 Å². The van der Waals surface area contributed by atoms with Gasteiger partial charge in [0.15, 0.2) is 6.61 Å². The standard InChI is InChI=1S/C21H28N2O3/c1-14-3-2-4-18(5-14)26-13-20(25)23-22-19(24)12-21-9-15-6-16(10-21)8-17(7-15)11-21/h2-5,15-17H,6-13H2,1H3,(H,22,24)(H,23,25). The highest BCUT2D eigenvalue weighted by molar-refractivity contribution is 5.83. The number of carbonyl (C=O) groups is 2. The van der Waals surface area contributed by atoms with E-state index in [0.717, 1.165) is 23.3 Å². The first kappa shape index (κ1) is 17.4. The quantitative estimate of drug-likeness (QED) is 0.797. The van der Waals surface area contributed by atoms with Gasteiger partial charge in [-0.15, -0.1) is 0 Å². The Morgan fingerprint density at radius 3 is 2.27 bits per heavy atom. The number of aryl methyl sites for hydroxylation is 1. The summed E-state index contributed by atoms with van der Waals surface area (Å²) in [5.41, 5.74) is 6.33. The molecule has 4 aliphatic carbocycles. The molecule has 5 rings (SSSR count). The summed E-state index contributed by atoms with van der Waals surface area (Å²) in [4.78, 5) is 24.3. The lowest BCUT2D eigenvalue weighted by Gasteiger charge is -2.56. The normalized spacial score (nSPS) is 31.5. The summed E-state index contributed by atoms with van der Waals surface area (Å²) in [7, 11) is 0. The number of benzene rings is 1. The molecule has 0 saturated heterocycles. The van der Waals surface area contributed by atoms with Gasteiger partial charge in [-0.25, -0.2) is 0 Å². The number of hydrazine groups is 1. The molecule has 0 aliphatic heterocycles. The second-order valence-corrected chi connectivity index (χ2v) is 8.80. The highest BCUT2D eigenvalue weighted by Gasteiger charge is 2.51. The molecule has 140 valence electrons. The van der Waals surface area contributed by atoms with Gasteiger partial charge in [0.2, 0.25) is 5.91 Å². The Morgan fingerprint density at radius 2 is 1.65 bits per heavy atom. The first-order chi connectivity index (χ1) is 12.5. The van der Waals surface area contributed by atoms with Crippen molar-refractivity contribution in [3.05, 3.63) is 29.8 Å². The molecule has 4 bridgehead atoms. The molecule has 2 N–H and O–H groups in total. The highest BCUT2D eigenvalue weighted by Crippen LogP contribution is 2.61. The van der Waals surface area contributed by atoms with Gasteiger partial charge < -0.3 is 4.74 Å². The average Bonchev–Trinajstić information content (AvgIpc) is 2.56. The van der Waals surface area contributed by atoms with E-state index >= 15 is 0 Å². The zero-order valence-electron chi connectivity index (χ0n) is 15.4. The van der Waals surface area contributed by atoms with E-state index in [0.29, 0.717) is 12.2 Å². The third kappa shape index (κ3) is 3.87. The van der Waals surface area contributed by atoms with Crippen molar-refractivity contribution in [2.75, 3.05) is 6.61 Å². The highest BCUT2D eigenvalue weighted by atomic mass is 16.5. The molecule has 4 aliphatic rings. The van der Waals surface area contributed by atoms with E-state index in [4.69, 9.17) is 4.74 Å². The smallest absolute Gasteiger partial charge is 0.276 e. The molecule has 0 unspecified atom stereocenters. The van der Waals surface area contributed by atoms with E-state index < -0.39 is 0 Å². The van der Waals surface area contributed by atoms with Crippen LogP contribution in [0.25, 0.3) is 0 Å². The number of hydrogen-bond donors (Lipinski definition) is 2. The van der Waals surface area contributed by atoms with Crippen LogP contribution in [0.2, 0.25) is 0 Å². The zero-order valence-corrected chi connectivity index (χ0v) is 15.4. The van der Waals surface area contributed by atoms with Crippen molar-refractivity contribution < 1.29 is 14.3 Å². The van der Waals surface area contributed by atoms with Crippen LogP contribution in [0.4, 0.5) is 0 Å². The van der Waals surface area contributed by atoms with Crippen molar-refractivity contribution in [2.45, 2.75) is 51.9 Å². The molecular weight excluding hydrogens is 328 g/mol. The molecule has 5 heteroatoms. The maximum Gasteiger partial charge on any atom is 0.276 e. The van der Waals surface area contributed by atoms with E-state index in [1.807, 2.05) is 31.2 Å². The minimum absolute atomic E-state index is 0.0733. The molecule has 1 aromatic rings. The van der Waals surface area contributed by atoms with Gasteiger partial charge in [0.1, 0.15) is 5.75 Å². The number of carbonyl (C=O) groups excluding carboxylic acids is 2. The van der Waals surface area contributed by atoms with Gasteiger partial charge in [-0.2, -0.15) is 0 Å². The number of nitrogens with one attached hydrogen (secondary N) is 2. The van der Waals surface area contributed by atoms with Crippen molar-refractivity contribution >= 4 is 11.8 Å². The minimum Gasteiger partial charge on any atom is -0.484 e. The third-order valence-electron chi connectivity index (χ3n) is 6.40. The van der Waals surface area contributed by atoms with Gasteiger partial charge in [0.25, 0.3) is 5.91 Å². The Morgan fingerprint density at radius 1 is 1.04 bits per heavy atom. The van der Waals surface area contributed by atoms with Crippen LogP contribution in [0.3, 0.4) is 0 Å². The summed E-state index contributed by atoms with van der Waals surface area (Å²) in [6, 6.07) is 7.54. The molecule has 1 aromatic carbocycles. The van der Waals surface area contributed by atoms with Crippen LogP contribution >= 0.6 is 0 Å². The summed E-state index contributed by atoms with van der Waals surface area (Å²) in [5, 5.41) is 0. The average molecular weight is 356 g/mol. The first-order valence-electron chi connectivity index (χ1n) is 9.77. The molecule has 0 spiro atoms. The van der Waals surface area contributed by atoms with Crippen LogP contribution in [0.1, 0.15) is 50.5 Å². The predicted octanol–water partition coefficient (Wildman–Crippen LogP) is 3.13. The Balaban J connectivity index is 1.22. The molecular formula is C21H28N2O3. The fourth-order valence-electron chi connectivity index (χ4n) is 5.92. The van der Waals surface area contributed by atoms with Gasteiger partial charge in [-0.05, 0) is 86.3 Å². The molecule has 4 saturated carbocycles. The van der Waals surface area contributed by atoms with E-state index in [2.05, 4.69) is 10.9 Å². The van der Waals surface area contributed by atoms with Crippen molar-refractivity contribution in [1.82, 2.24) is 10.9 Å². The second kappa shape index (κ2) is 6.93. The van der Waals surface area contributed by atoms with Crippen LogP contribution in [-0.2, 0) is 9.59 Å². The van der Waals surface area contributed by atoms with Gasteiger partial charge in [-0.1, -0.05) is 12.1 Å². The Bertz CT molecular complexity index is 665. The van der Waals surface area contributed by atoms with Crippen LogP contribution in [0, 0.1) is 30.1 Å². The van der Waals surface area contributed by atoms with E-state index in [1.165, 1.54) is 38.5 Å². The van der Waals surface area contributed by atoms with Gasteiger partial charge in [-0.3, -0.25) is 20.4 Å². The Hall–Kier alpha value is -2.04. The molecule has 0 atom stereocenters. The van der Waals surface area contributed by atoms with Crippen LogP contribution < -0.4 is 15.6 Å². The van der Waals surface area contributed by atoms with Crippen LogP contribution in [-0.4, -0.2) is 18.4 Å². The van der Waals surface area contributed by atoms with Gasteiger partial charge >= 0.3 is 0 Å². The molecule has 26 heavy (non-hydrogen) atoms. The summed E-state index contributed by atoms with van der Waals surface area (Å²) in [5.74, 6) is 2.71. The molecule has 0 aromatic heterocycles. The van der Waals surface area contributed by atoms with E-state index in [1.54, 1.807) is 0 Å². The van der Waals surface area contributed by atoms with Crippen molar-refractivity contribution in [1.29, 1.82) is 0 Å². The molecule has 0 heterocycles. The lowest BCUT2D eigenvalue weighted by Crippen LogP contribution is -2.50. The van der Waals surface area contributed by atoms with Crippen LogP contribution in [0.15, 0.2) is 24.3 Å². The summed E-state index contributed by atoms with van der Waals surface area (Å²) < 4.78 is 5.45. The van der Waals surface area contributed by atoms with E-state index in [9.17, 15) is 9.59 Å². The molecule has 2 amide bonds. The number of rotatable bonds is 5. The topological polar surface area (TPSA) is 67.4 Å². The molecule has 0 radical (unpaired) electrons. The fraction of sp³-hybridized carbons (Fsp3) is 0.619. The predicted molar refractivity (Wildman–Crippen MR) is 98.2 cm³/mol. The monoisotopic (exact) mass is 356 g/mol. The van der Waals surface area contributed by atoms with Crippen molar-refractivity contribution in [3.8, 4) is 5.75 Å². The number of hydrogen-bond acceptors (Lipinski definition) is 3. The fourth-order valence-corrected chi connectivity index (χ4v) is 5.92. The lowest BCUT2D eigenvalue weighted by molar-refractivity contribution is -0.134. The Labute approximate surface area is 154 Å². The van der Waals surface area contributed by atoms with Gasteiger partial charge in [0, 0.05) is 6.42 Å². The SMILES string of the molecule is Cc1cccc(OCC(=O)NNC(=O)CC23CC4CC(CC(C4)C2)C3)c1. The largest absolute Gasteiger partial charge is 0.484 e. The number of amides is 2. The first-order valence-corrected chi connectivity index (χ1v) is 9.77. The summed E-state index contributed by atoms with van der Waals surface area (Å²) in [6.07, 6.45) is 8.22. The summed E-state index contributed by atoms with van der Waals surface area (Å²) >= 11 is 0. The number of ether oxygens (including phenoxy) is 1. The third-order valence-corrected chi connectivity index (χ3v) is 6.40. The zero-order chi connectivity index (χ0) is 18.1. The van der Waals surface area contributed by atoms with Crippen molar-refractivity contribution in [2.24, 2.45) is 23.2 Å². The maximum atomic E-state index is 12.4. The minimum atomic E-state index is -0.342. The van der Waals surface area contributed by atoms with E-state index in [-0.39, 0.29) is 23.8 Å². The van der Waals surface area contributed by atoms with Gasteiger partial charge in [0.05, 0.1) is 0 Å². The van der Waals surface area contributed by atoms with Crippen molar-refractivity contribution in [3.63, 3.8) is 0 Å². The maximum absolute atomic E-state index is 12.4. The molecule has 4 fully saturated rings. The second-order valence-electron chi connectivity index (χ2n) is 8.80.